The number of piperidine rings is 1. The Bertz CT molecular complexity index is 836. The summed E-state index contributed by atoms with van der Waals surface area (Å²) in [4.78, 5) is 14.9. The summed E-state index contributed by atoms with van der Waals surface area (Å²) in [6.07, 6.45) is 5.33. The zero-order chi connectivity index (χ0) is 17.1. The van der Waals surface area contributed by atoms with E-state index in [9.17, 15) is 4.79 Å². The van der Waals surface area contributed by atoms with Crippen LogP contribution in [0.25, 0.3) is 11.0 Å². The Morgan fingerprint density at radius 2 is 2.04 bits per heavy atom. The van der Waals surface area contributed by atoms with Crippen molar-refractivity contribution < 1.29 is 9.21 Å². The van der Waals surface area contributed by atoms with Gasteiger partial charge in [0.15, 0.2) is 0 Å². The van der Waals surface area contributed by atoms with Crippen LogP contribution in [0.2, 0.25) is 0 Å². The fraction of sp³-hybridized carbons (Fsp3) is 0.389. The van der Waals surface area contributed by atoms with Crippen molar-refractivity contribution in [2.24, 2.45) is 0 Å². The lowest BCUT2D eigenvalue weighted by atomic mass is 10.1. The van der Waals surface area contributed by atoms with Gasteiger partial charge in [0, 0.05) is 12.1 Å². The van der Waals surface area contributed by atoms with Crippen molar-refractivity contribution in [2.75, 3.05) is 19.6 Å². The van der Waals surface area contributed by atoms with E-state index in [1.165, 1.54) is 19.3 Å². The van der Waals surface area contributed by atoms with Gasteiger partial charge >= 0.3 is 0 Å². The Morgan fingerprint density at radius 3 is 2.84 bits per heavy atom. The van der Waals surface area contributed by atoms with E-state index in [2.05, 4.69) is 25.6 Å². The molecule has 2 aromatic heterocycles. The molecule has 1 aliphatic heterocycles. The van der Waals surface area contributed by atoms with Gasteiger partial charge in [-0.2, -0.15) is 15.4 Å². The van der Waals surface area contributed by atoms with E-state index in [0.717, 1.165) is 24.4 Å². The minimum atomic E-state index is -0.113. The fourth-order valence-corrected chi connectivity index (χ4v) is 3.39. The van der Waals surface area contributed by atoms with Gasteiger partial charge in [0.05, 0.1) is 12.3 Å². The van der Waals surface area contributed by atoms with Gasteiger partial charge in [-0.25, -0.2) is 0 Å². The minimum Gasteiger partial charge on any atom is -0.468 e. The first-order valence-corrected chi connectivity index (χ1v) is 8.67. The van der Waals surface area contributed by atoms with Crippen LogP contribution in [0, 0.1) is 0 Å². The second kappa shape index (κ2) is 7.06. The molecule has 0 bridgehead atoms. The Morgan fingerprint density at radius 1 is 1.20 bits per heavy atom. The number of aromatic amines is 1. The molecule has 1 aromatic carbocycles. The number of furan rings is 1. The van der Waals surface area contributed by atoms with Crippen LogP contribution in [-0.2, 0) is 0 Å². The Balaban J connectivity index is 1.47. The first-order chi connectivity index (χ1) is 12.3. The van der Waals surface area contributed by atoms with Gasteiger partial charge in [-0.3, -0.25) is 9.69 Å². The van der Waals surface area contributed by atoms with Gasteiger partial charge in [-0.05, 0) is 56.3 Å². The highest BCUT2D eigenvalue weighted by Crippen LogP contribution is 2.24. The van der Waals surface area contributed by atoms with Crippen LogP contribution in [0.5, 0.6) is 0 Å². The molecule has 0 spiro atoms. The standard InChI is InChI=1S/C18H21N5O2/c24-18(13-6-7-14-15(11-13)21-22-20-14)19-12-16(17-5-4-10-25-17)23-8-2-1-3-9-23/h4-7,10-11,16H,1-3,8-9,12H2,(H,19,24)(H,20,21,22). The van der Waals surface area contributed by atoms with Gasteiger partial charge in [-0.1, -0.05) is 6.42 Å². The van der Waals surface area contributed by atoms with Crippen LogP contribution < -0.4 is 5.32 Å². The molecule has 1 unspecified atom stereocenters. The SMILES string of the molecule is O=C(NCC(c1ccco1)N1CCCCC1)c1ccc2n[nH]nc2c1. The number of carbonyl (C=O) groups excluding carboxylic acids is 1. The number of aromatic nitrogens is 3. The number of fused-ring (bicyclic) bond motifs is 1. The minimum absolute atomic E-state index is 0.0648. The van der Waals surface area contributed by atoms with Crippen LogP contribution in [0.4, 0.5) is 0 Å². The molecule has 0 radical (unpaired) electrons. The highest BCUT2D eigenvalue weighted by molar-refractivity contribution is 5.97. The molecule has 4 rings (SSSR count). The number of carbonyl (C=O) groups is 1. The number of hydrogen-bond acceptors (Lipinski definition) is 5. The highest BCUT2D eigenvalue weighted by Gasteiger charge is 2.25. The number of benzene rings is 1. The predicted molar refractivity (Wildman–Crippen MR) is 93.1 cm³/mol. The van der Waals surface area contributed by atoms with Crippen LogP contribution in [-0.4, -0.2) is 45.9 Å². The van der Waals surface area contributed by atoms with Crippen LogP contribution in [0.15, 0.2) is 41.0 Å². The largest absolute Gasteiger partial charge is 0.468 e. The van der Waals surface area contributed by atoms with E-state index in [1.54, 1.807) is 24.5 Å². The summed E-state index contributed by atoms with van der Waals surface area (Å²) in [6.45, 7) is 2.58. The molecule has 1 aliphatic rings. The van der Waals surface area contributed by atoms with Crippen molar-refractivity contribution in [3.05, 3.63) is 47.9 Å². The number of likely N-dealkylation sites (tertiary alicyclic amines) is 1. The van der Waals surface area contributed by atoms with Crippen LogP contribution in [0.1, 0.15) is 41.4 Å². The van der Waals surface area contributed by atoms with E-state index in [0.29, 0.717) is 17.6 Å². The van der Waals surface area contributed by atoms with E-state index < -0.39 is 0 Å². The summed E-state index contributed by atoms with van der Waals surface area (Å²) in [5, 5.41) is 13.6. The van der Waals surface area contributed by atoms with Crippen molar-refractivity contribution >= 4 is 16.9 Å². The number of rotatable bonds is 5. The first kappa shape index (κ1) is 15.8. The average Bonchev–Trinajstić information content (AvgIpc) is 3.34. The lowest BCUT2D eigenvalue weighted by molar-refractivity contribution is 0.0914. The van der Waals surface area contributed by atoms with Gasteiger partial charge in [0.1, 0.15) is 16.8 Å². The summed E-state index contributed by atoms with van der Waals surface area (Å²) in [5.41, 5.74) is 2.02. The molecule has 0 aliphatic carbocycles. The molecule has 0 saturated carbocycles. The maximum absolute atomic E-state index is 12.5. The Labute approximate surface area is 145 Å². The zero-order valence-corrected chi connectivity index (χ0v) is 13.9. The van der Waals surface area contributed by atoms with Gasteiger partial charge in [0.25, 0.3) is 5.91 Å². The van der Waals surface area contributed by atoms with Crippen molar-refractivity contribution in [2.45, 2.75) is 25.3 Å². The molecule has 2 N–H and O–H groups in total. The number of nitrogens with zero attached hydrogens (tertiary/aromatic N) is 3. The monoisotopic (exact) mass is 339 g/mol. The predicted octanol–water partition coefficient (Wildman–Crippen LogP) is 2.51. The van der Waals surface area contributed by atoms with E-state index in [4.69, 9.17) is 4.42 Å². The summed E-state index contributed by atoms with van der Waals surface area (Å²) in [5.74, 6) is 0.785. The molecule has 3 heterocycles. The molecule has 1 atom stereocenters. The average molecular weight is 339 g/mol. The second-order valence-electron chi connectivity index (χ2n) is 6.36. The van der Waals surface area contributed by atoms with Crippen molar-refractivity contribution in [3.63, 3.8) is 0 Å². The number of nitrogens with one attached hydrogen (secondary N) is 2. The third-order valence-corrected chi connectivity index (χ3v) is 4.74. The number of hydrogen-bond donors (Lipinski definition) is 2. The van der Waals surface area contributed by atoms with Gasteiger partial charge in [0.2, 0.25) is 0 Å². The van der Waals surface area contributed by atoms with Crippen LogP contribution in [0.3, 0.4) is 0 Å². The molecule has 7 heteroatoms. The molecule has 7 nitrogen and oxygen atoms in total. The summed E-state index contributed by atoms with van der Waals surface area (Å²) >= 11 is 0. The maximum atomic E-state index is 12.5. The lowest BCUT2D eigenvalue weighted by Gasteiger charge is -2.33. The topological polar surface area (TPSA) is 87.0 Å². The number of H-pyrrole nitrogens is 1. The number of amides is 1. The Hall–Kier alpha value is -2.67. The van der Waals surface area contributed by atoms with E-state index in [-0.39, 0.29) is 11.9 Å². The molecule has 1 saturated heterocycles. The summed E-state index contributed by atoms with van der Waals surface area (Å²) in [7, 11) is 0. The summed E-state index contributed by atoms with van der Waals surface area (Å²) in [6, 6.07) is 9.25. The smallest absolute Gasteiger partial charge is 0.251 e. The van der Waals surface area contributed by atoms with Crippen molar-refractivity contribution in [1.29, 1.82) is 0 Å². The van der Waals surface area contributed by atoms with Crippen molar-refractivity contribution in [1.82, 2.24) is 25.6 Å². The van der Waals surface area contributed by atoms with Gasteiger partial charge < -0.3 is 9.73 Å². The molecule has 1 fully saturated rings. The van der Waals surface area contributed by atoms with Crippen molar-refractivity contribution in [3.8, 4) is 0 Å². The molecule has 25 heavy (non-hydrogen) atoms. The maximum Gasteiger partial charge on any atom is 0.251 e. The first-order valence-electron chi connectivity index (χ1n) is 8.67. The normalized spacial score (nSPS) is 16.8. The molecule has 3 aromatic rings. The Kier molecular flexibility index (Phi) is 4.47. The van der Waals surface area contributed by atoms with Gasteiger partial charge in [-0.15, -0.1) is 0 Å². The fourth-order valence-electron chi connectivity index (χ4n) is 3.39. The molecular formula is C18H21N5O2. The lowest BCUT2D eigenvalue weighted by Crippen LogP contribution is -2.40. The van der Waals surface area contributed by atoms with Crippen LogP contribution >= 0.6 is 0 Å². The third-order valence-electron chi connectivity index (χ3n) is 4.74. The third kappa shape index (κ3) is 3.41. The second-order valence-corrected chi connectivity index (χ2v) is 6.36. The quantitative estimate of drug-likeness (QED) is 0.746. The molecule has 1 amide bonds. The van der Waals surface area contributed by atoms with E-state index >= 15 is 0 Å². The van der Waals surface area contributed by atoms with E-state index in [1.807, 2.05) is 12.1 Å². The highest BCUT2D eigenvalue weighted by atomic mass is 16.3. The molecular weight excluding hydrogens is 318 g/mol. The zero-order valence-electron chi connectivity index (χ0n) is 13.9. The summed E-state index contributed by atoms with van der Waals surface area (Å²) < 4.78 is 5.62. The molecule has 130 valence electrons.